The van der Waals surface area contributed by atoms with E-state index in [1.54, 1.807) is 18.2 Å². The van der Waals surface area contributed by atoms with Crippen molar-refractivity contribution >= 4 is 50.7 Å². The number of rotatable bonds is 4. The molecule has 1 amide bonds. The van der Waals surface area contributed by atoms with E-state index in [0.29, 0.717) is 20.9 Å². The molecule has 1 atom stereocenters. The van der Waals surface area contributed by atoms with Gasteiger partial charge in [0.15, 0.2) is 6.10 Å². The third kappa shape index (κ3) is 3.94. The molecule has 0 saturated carbocycles. The molecule has 8 heteroatoms. The van der Waals surface area contributed by atoms with Gasteiger partial charge in [-0.25, -0.2) is 14.2 Å². The van der Waals surface area contributed by atoms with Crippen molar-refractivity contribution in [2.24, 2.45) is 0 Å². The second kappa shape index (κ2) is 7.16. The highest BCUT2D eigenvalue weighted by Crippen LogP contribution is 2.28. The third-order valence-corrected chi connectivity index (χ3v) is 4.65. The molecule has 1 N–H and O–H groups in total. The smallest absolute Gasteiger partial charge is 0.349 e. The molecular formula is C17H12ClFN2O3S. The first-order valence-corrected chi connectivity index (χ1v) is 8.45. The Morgan fingerprint density at radius 3 is 2.80 bits per heavy atom. The average Bonchev–Trinajstić information content (AvgIpc) is 3.02. The number of thiophene rings is 1. The van der Waals surface area contributed by atoms with Crippen LogP contribution in [0.25, 0.3) is 10.1 Å². The fourth-order valence-corrected chi connectivity index (χ4v) is 3.15. The monoisotopic (exact) mass is 378 g/mol. The topological polar surface area (TPSA) is 68.3 Å². The van der Waals surface area contributed by atoms with Gasteiger partial charge < -0.3 is 10.1 Å². The molecule has 0 saturated heterocycles. The van der Waals surface area contributed by atoms with Crippen LogP contribution in [0.1, 0.15) is 16.6 Å². The van der Waals surface area contributed by atoms with Crippen LogP contribution in [0.2, 0.25) is 5.02 Å². The van der Waals surface area contributed by atoms with Crippen LogP contribution in [-0.2, 0) is 9.53 Å². The molecule has 128 valence electrons. The van der Waals surface area contributed by atoms with Gasteiger partial charge in [-0.05, 0) is 37.3 Å². The van der Waals surface area contributed by atoms with Crippen molar-refractivity contribution in [3.05, 3.63) is 58.3 Å². The molecule has 0 aliphatic rings. The van der Waals surface area contributed by atoms with Gasteiger partial charge in [-0.15, -0.1) is 11.3 Å². The quantitative estimate of drug-likeness (QED) is 0.688. The molecule has 1 aromatic carbocycles. The molecule has 2 heterocycles. The van der Waals surface area contributed by atoms with Crippen LogP contribution < -0.4 is 5.32 Å². The molecule has 0 aliphatic carbocycles. The molecule has 0 bridgehead atoms. The van der Waals surface area contributed by atoms with Crippen LogP contribution in [0.5, 0.6) is 0 Å². The molecule has 0 radical (unpaired) electrons. The minimum atomic E-state index is -1.04. The predicted molar refractivity (Wildman–Crippen MR) is 94.5 cm³/mol. The Balaban J connectivity index is 1.67. The number of ether oxygens (including phenoxy) is 1. The molecule has 2 aromatic heterocycles. The molecule has 0 fully saturated rings. The summed E-state index contributed by atoms with van der Waals surface area (Å²) in [5.74, 6) is -1.34. The van der Waals surface area contributed by atoms with Gasteiger partial charge in [-0.1, -0.05) is 17.7 Å². The van der Waals surface area contributed by atoms with Crippen LogP contribution in [0, 0.1) is 5.82 Å². The van der Waals surface area contributed by atoms with Crippen molar-refractivity contribution in [1.82, 2.24) is 4.98 Å². The average molecular weight is 379 g/mol. The minimum Gasteiger partial charge on any atom is -0.448 e. The molecule has 5 nitrogen and oxygen atoms in total. The zero-order valence-electron chi connectivity index (χ0n) is 13.0. The summed E-state index contributed by atoms with van der Waals surface area (Å²) in [4.78, 5) is 28.4. The van der Waals surface area contributed by atoms with Crippen molar-refractivity contribution in [1.29, 1.82) is 0 Å². The summed E-state index contributed by atoms with van der Waals surface area (Å²) in [6.45, 7) is 1.44. The molecule has 25 heavy (non-hydrogen) atoms. The number of halogens is 2. The summed E-state index contributed by atoms with van der Waals surface area (Å²) in [7, 11) is 0. The number of esters is 1. The highest BCUT2D eigenvalue weighted by molar-refractivity contribution is 7.20. The Morgan fingerprint density at radius 1 is 1.32 bits per heavy atom. The number of nitrogens with one attached hydrogen (secondary N) is 1. The lowest BCUT2D eigenvalue weighted by atomic mass is 10.2. The van der Waals surface area contributed by atoms with Gasteiger partial charge >= 0.3 is 5.97 Å². The number of fused-ring (bicyclic) bond motifs is 1. The van der Waals surface area contributed by atoms with Crippen molar-refractivity contribution in [3.8, 4) is 0 Å². The lowest BCUT2D eigenvalue weighted by Gasteiger charge is -2.12. The van der Waals surface area contributed by atoms with Gasteiger partial charge in [0.25, 0.3) is 5.91 Å². The van der Waals surface area contributed by atoms with Gasteiger partial charge in [-0.3, -0.25) is 4.79 Å². The summed E-state index contributed by atoms with van der Waals surface area (Å²) in [6, 6.07) is 9.12. The Labute approximate surface area is 151 Å². The summed E-state index contributed by atoms with van der Waals surface area (Å²) in [6.07, 6.45) is 0.347. The normalized spacial score (nSPS) is 12.0. The number of hydrogen-bond acceptors (Lipinski definition) is 5. The van der Waals surface area contributed by atoms with Crippen LogP contribution >= 0.6 is 22.9 Å². The highest BCUT2D eigenvalue weighted by atomic mass is 35.5. The lowest BCUT2D eigenvalue weighted by Crippen LogP contribution is -2.30. The van der Waals surface area contributed by atoms with Crippen molar-refractivity contribution in [2.45, 2.75) is 13.0 Å². The second-order valence-corrected chi connectivity index (χ2v) is 6.68. The largest absolute Gasteiger partial charge is 0.448 e. The van der Waals surface area contributed by atoms with E-state index in [-0.39, 0.29) is 4.88 Å². The molecule has 0 spiro atoms. The van der Waals surface area contributed by atoms with Crippen LogP contribution in [-0.4, -0.2) is 23.0 Å². The van der Waals surface area contributed by atoms with Crippen LogP contribution in [0.3, 0.4) is 0 Å². The highest BCUT2D eigenvalue weighted by Gasteiger charge is 2.21. The van der Waals surface area contributed by atoms with Crippen molar-refractivity contribution < 1.29 is 18.7 Å². The summed E-state index contributed by atoms with van der Waals surface area (Å²) in [5, 5.41) is 3.31. The zero-order chi connectivity index (χ0) is 18.0. The number of hydrogen-bond donors (Lipinski definition) is 1. The summed E-state index contributed by atoms with van der Waals surface area (Å²) >= 11 is 6.83. The summed E-state index contributed by atoms with van der Waals surface area (Å²) < 4.78 is 19.5. The van der Waals surface area contributed by atoms with Gasteiger partial charge in [0, 0.05) is 16.3 Å². The van der Waals surface area contributed by atoms with Gasteiger partial charge in [-0.2, -0.15) is 0 Å². The van der Waals surface area contributed by atoms with E-state index in [2.05, 4.69) is 10.3 Å². The summed E-state index contributed by atoms with van der Waals surface area (Å²) in [5.41, 5.74) is 0. The number of nitrogens with zero attached hydrogens (tertiary/aromatic N) is 1. The van der Waals surface area contributed by atoms with Crippen LogP contribution in [0.4, 0.5) is 10.2 Å². The maximum Gasteiger partial charge on any atom is 0.349 e. The number of pyridine rings is 1. The maximum atomic E-state index is 13.7. The Hall–Kier alpha value is -2.51. The van der Waals surface area contributed by atoms with Crippen LogP contribution in [0.15, 0.2) is 42.6 Å². The van der Waals surface area contributed by atoms with E-state index < -0.39 is 23.8 Å². The standard InChI is InChI=1S/C17H12ClFN2O3S/c1-9(16(22)21-15-6-5-10(18)8-20-15)24-17(23)14-7-11-12(19)3-2-4-13(11)25-14/h2-9H,1H3,(H,20,21,22). The van der Waals surface area contributed by atoms with Gasteiger partial charge in [0.2, 0.25) is 0 Å². The number of carbonyl (C=O) groups is 2. The molecule has 3 aromatic rings. The molecule has 3 rings (SSSR count). The fraction of sp³-hybridized carbons (Fsp3) is 0.118. The van der Waals surface area contributed by atoms with E-state index in [9.17, 15) is 14.0 Å². The minimum absolute atomic E-state index is 0.226. The number of anilines is 1. The first kappa shape index (κ1) is 17.3. The van der Waals surface area contributed by atoms with E-state index >= 15 is 0 Å². The fourth-order valence-electron chi connectivity index (χ4n) is 2.08. The number of aromatic nitrogens is 1. The van der Waals surface area contributed by atoms with Gasteiger partial charge in [0.05, 0.1) is 5.02 Å². The SMILES string of the molecule is CC(OC(=O)c1cc2c(F)cccc2s1)C(=O)Nc1ccc(Cl)cn1. The zero-order valence-corrected chi connectivity index (χ0v) is 14.5. The van der Waals surface area contributed by atoms with Gasteiger partial charge in [0.1, 0.15) is 16.5 Å². The van der Waals surface area contributed by atoms with E-state index in [1.165, 1.54) is 31.3 Å². The first-order chi connectivity index (χ1) is 11.9. The Morgan fingerprint density at radius 2 is 2.12 bits per heavy atom. The number of amides is 1. The third-order valence-electron chi connectivity index (χ3n) is 3.34. The molecule has 0 aliphatic heterocycles. The maximum absolute atomic E-state index is 13.7. The number of benzene rings is 1. The van der Waals surface area contributed by atoms with E-state index in [0.717, 1.165) is 11.3 Å². The van der Waals surface area contributed by atoms with Crippen molar-refractivity contribution in [3.63, 3.8) is 0 Å². The number of carbonyl (C=O) groups excluding carboxylic acids is 2. The second-order valence-electron chi connectivity index (χ2n) is 5.16. The lowest BCUT2D eigenvalue weighted by molar-refractivity contribution is -0.123. The first-order valence-electron chi connectivity index (χ1n) is 7.25. The Kier molecular flexibility index (Phi) is 4.96. The predicted octanol–water partition coefficient (Wildman–Crippen LogP) is 4.27. The van der Waals surface area contributed by atoms with E-state index in [1.807, 2.05) is 0 Å². The molecular weight excluding hydrogens is 367 g/mol. The van der Waals surface area contributed by atoms with E-state index in [4.69, 9.17) is 16.3 Å². The molecule has 1 unspecified atom stereocenters. The van der Waals surface area contributed by atoms with Crippen molar-refractivity contribution in [2.75, 3.05) is 5.32 Å². The Bertz CT molecular complexity index is 943.